The molecule has 0 aliphatic carbocycles. The van der Waals surface area contributed by atoms with Gasteiger partial charge in [-0.3, -0.25) is 9.59 Å². The number of anilines is 1. The second-order valence-electron chi connectivity index (χ2n) is 7.85. The average Bonchev–Trinajstić information content (AvgIpc) is 3.12. The highest BCUT2D eigenvalue weighted by Gasteiger charge is 2.35. The number of halogens is 4. The Bertz CT molecular complexity index is 1060. The molecule has 0 bridgehead atoms. The van der Waals surface area contributed by atoms with Gasteiger partial charge in [0.2, 0.25) is 5.91 Å². The third-order valence-electron chi connectivity index (χ3n) is 5.89. The van der Waals surface area contributed by atoms with Gasteiger partial charge in [-0.15, -0.1) is 0 Å². The molecule has 2 aromatic rings. The van der Waals surface area contributed by atoms with Crippen molar-refractivity contribution in [3.05, 3.63) is 56.2 Å². The summed E-state index contributed by atoms with van der Waals surface area (Å²) in [6.07, 6.45) is -2.90. The maximum absolute atomic E-state index is 12.8. The molecular formula is C20H20ClF3N4O2. The van der Waals surface area contributed by atoms with Crippen LogP contribution in [-0.4, -0.2) is 33.4 Å². The number of carbonyl (C=O) groups excluding carboxylic acids is 1. The second kappa shape index (κ2) is 7.30. The highest BCUT2D eigenvalue weighted by molar-refractivity contribution is 6.31. The highest BCUT2D eigenvalue weighted by atomic mass is 35.5. The molecule has 30 heavy (non-hydrogen) atoms. The first-order valence-electron chi connectivity index (χ1n) is 9.49. The van der Waals surface area contributed by atoms with E-state index < -0.39 is 11.9 Å². The maximum atomic E-state index is 12.8. The molecule has 10 heteroatoms. The molecule has 0 N–H and O–H groups in total. The highest BCUT2D eigenvalue weighted by Crippen LogP contribution is 2.32. The van der Waals surface area contributed by atoms with Crippen LogP contribution in [0.15, 0.2) is 23.1 Å². The Morgan fingerprint density at radius 3 is 2.57 bits per heavy atom. The van der Waals surface area contributed by atoms with Crippen molar-refractivity contribution >= 4 is 23.2 Å². The summed E-state index contributed by atoms with van der Waals surface area (Å²) >= 11 is 6.11. The lowest BCUT2D eigenvalue weighted by atomic mass is 9.95. The Labute approximate surface area is 175 Å². The number of alkyl halides is 3. The van der Waals surface area contributed by atoms with E-state index in [1.54, 1.807) is 18.9 Å². The van der Waals surface area contributed by atoms with Crippen molar-refractivity contribution in [2.75, 3.05) is 18.0 Å². The van der Waals surface area contributed by atoms with Crippen LogP contribution < -0.4 is 10.5 Å². The predicted octanol–water partition coefficient (Wildman–Crippen LogP) is 3.13. The van der Waals surface area contributed by atoms with E-state index >= 15 is 0 Å². The van der Waals surface area contributed by atoms with Crippen LogP contribution in [0.1, 0.15) is 28.9 Å². The molecule has 0 spiro atoms. The molecule has 0 atom stereocenters. The summed E-state index contributed by atoms with van der Waals surface area (Å²) in [7, 11) is 1.66. The summed E-state index contributed by atoms with van der Waals surface area (Å²) in [6.45, 7) is 3.76. The van der Waals surface area contributed by atoms with Crippen LogP contribution in [0.2, 0.25) is 5.02 Å². The lowest BCUT2D eigenvalue weighted by molar-refractivity contribution is -0.141. The summed E-state index contributed by atoms with van der Waals surface area (Å²) in [5, 5.41) is 0.185. The van der Waals surface area contributed by atoms with E-state index in [0.29, 0.717) is 38.3 Å². The molecule has 0 aromatic carbocycles. The number of fused-ring (bicyclic) bond motifs is 1. The van der Waals surface area contributed by atoms with Gasteiger partial charge in [0.05, 0.1) is 18.4 Å². The minimum atomic E-state index is -4.46. The summed E-state index contributed by atoms with van der Waals surface area (Å²) in [5.41, 5.74) is 1.87. The molecule has 6 nitrogen and oxygen atoms in total. The zero-order valence-electron chi connectivity index (χ0n) is 16.5. The first kappa shape index (κ1) is 20.7. The van der Waals surface area contributed by atoms with Gasteiger partial charge in [-0.25, -0.2) is 4.98 Å². The largest absolute Gasteiger partial charge is 0.433 e. The van der Waals surface area contributed by atoms with Crippen LogP contribution in [0.4, 0.5) is 18.9 Å². The fourth-order valence-corrected chi connectivity index (χ4v) is 4.26. The summed E-state index contributed by atoms with van der Waals surface area (Å²) in [5.74, 6) is 0.112. The van der Waals surface area contributed by atoms with E-state index in [4.69, 9.17) is 11.6 Å². The quantitative estimate of drug-likeness (QED) is 0.736. The summed E-state index contributed by atoms with van der Waals surface area (Å²) < 4.78 is 39.4. The van der Waals surface area contributed by atoms with Crippen molar-refractivity contribution in [3.8, 4) is 0 Å². The maximum Gasteiger partial charge on any atom is 0.433 e. The van der Waals surface area contributed by atoms with Crippen LogP contribution in [0.5, 0.6) is 0 Å². The molecule has 2 aliphatic heterocycles. The van der Waals surface area contributed by atoms with Crippen LogP contribution in [-0.2, 0) is 31.1 Å². The topological polar surface area (TPSA) is 58.4 Å². The third kappa shape index (κ3) is 3.55. The number of aromatic nitrogens is 2. The van der Waals surface area contributed by atoms with E-state index in [-0.39, 0.29) is 22.4 Å². The van der Waals surface area contributed by atoms with E-state index in [2.05, 4.69) is 4.98 Å². The molecule has 4 rings (SSSR count). The Hall–Kier alpha value is -2.55. The van der Waals surface area contributed by atoms with Crippen molar-refractivity contribution in [1.29, 1.82) is 0 Å². The monoisotopic (exact) mass is 440 g/mol. The molecule has 0 unspecified atom stereocenters. The van der Waals surface area contributed by atoms with Crippen molar-refractivity contribution in [1.82, 2.24) is 14.5 Å². The van der Waals surface area contributed by atoms with Crippen LogP contribution in [0.25, 0.3) is 0 Å². The molecule has 1 amide bonds. The Balaban J connectivity index is 1.35. The molecule has 0 radical (unpaired) electrons. The van der Waals surface area contributed by atoms with Crippen molar-refractivity contribution < 1.29 is 18.0 Å². The van der Waals surface area contributed by atoms with Gasteiger partial charge in [0.15, 0.2) is 0 Å². The number of nitrogens with zero attached hydrogens (tertiary/aromatic N) is 4. The standard InChI is InChI=1S/C20H20ClF3N4O2/c1-11-14-9-28(10-15(14)26(2)19(30)18(11)21)17(29)5-12-7-27(8-12)13-3-4-16(25-6-13)20(22,23)24/h3-4,6,12H,5,7-10H2,1-2H3. The Morgan fingerprint density at radius 1 is 1.27 bits per heavy atom. The fourth-order valence-electron chi connectivity index (χ4n) is 4.02. The minimum absolute atomic E-state index is 0.00985. The molecule has 1 fully saturated rings. The zero-order valence-corrected chi connectivity index (χ0v) is 17.2. The van der Waals surface area contributed by atoms with Gasteiger partial charge in [0, 0.05) is 44.7 Å². The van der Waals surface area contributed by atoms with Gasteiger partial charge < -0.3 is 14.4 Å². The lowest BCUT2D eigenvalue weighted by Crippen LogP contribution is -2.48. The van der Waals surface area contributed by atoms with Gasteiger partial charge in [0.1, 0.15) is 10.7 Å². The first-order chi connectivity index (χ1) is 14.1. The van der Waals surface area contributed by atoms with E-state index in [1.807, 2.05) is 4.90 Å². The van der Waals surface area contributed by atoms with Gasteiger partial charge in [-0.2, -0.15) is 13.2 Å². The molecule has 2 aliphatic rings. The summed E-state index contributed by atoms with van der Waals surface area (Å²) in [6, 6.07) is 2.37. The molecular weight excluding hydrogens is 421 g/mol. The third-order valence-corrected chi connectivity index (χ3v) is 6.34. The van der Waals surface area contributed by atoms with Crippen molar-refractivity contribution in [2.45, 2.75) is 32.6 Å². The second-order valence-corrected chi connectivity index (χ2v) is 8.23. The average molecular weight is 441 g/mol. The van der Waals surface area contributed by atoms with E-state index in [1.165, 1.54) is 16.8 Å². The molecule has 160 valence electrons. The number of pyridine rings is 2. The van der Waals surface area contributed by atoms with Crippen LogP contribution >= 0.6 is 11.6 Å². The fraction of sp³-hybridized carbons (Fsp3) is 0.450. The number of carbonyl (C=O) groups is 1. The molecule has 4 heterocycles. The van der Waals surface area contributed by atoms with Crippen molar-refractivity contribution in [2.24, 2.45) is 13.0 Å². The summed E-state index contributed by atoms with van der Waals surface area (Å²) in [4.78, 5) is 32.0. The number of hydrogen-bond donors (Lipinski definition) is 0. The first-order valence-corrected chi connectivity index (χ1v) is 9.87. The number of amides is 1. The van der Waals surface area contributed by atoms with E-state index in [0.717, 1.165) is 22.9 Å². The van der Waals surface area contributed by atoms with Crippen LogP contribution in [0.3, 0.4) is 0 Å². The predicted molar refractivity (Wildman–Crippen MR) is 105 cm³/mol. The molecule has 1 saturated heterocycles. The van der Waals surface area contributed by atoms with Crippen molar-refractivity contribution in [3.63, 3.8) is 0 Å². The number of rotatable bonds is 3. The normalized spacial score (nSPS) is 16.6. The van der Waals surface area contributed by atoms with Crippen LogP contribution in [0, 0.1) is 12.8 Å². The SMILES string of the molecule is Cc1c2c(n(C)c(=O)c1Cl)CN(C(=O)CC1CN(c3ccc(C(F)(F)F)nc3)C1)C2. The minimum Gasteiger partial charge on any atom is -0.370 e. The zero-order chi connectivity index (χ0) is 21.8. The lowest BCUT2D eigenvalue weighted by Gasteiger charge is -2.41. The Morgan fingerprint density at radius 2 is 1.97 bits per heavy atom. The Kier molecular flexibility index (Phi) is 5.04. The smallest absolute Gasteiger partial charge is 0.370 e. The number of hydrogen-bond acceptors (Lipinski definition) is 4. The van der Waals surface area contributed by atoms with E-state index in [9.17, 15) is 22.8 Å². The van der Waals surface area contributed by atoms with Gasteiger partial charge in [-0.05, 0) is 30.2 Å². The molecule has 2 aromatic heterocycles. The molecule has 0 saturated carbocycles. The van der Waals surface area contributed by atoms with Gasteiger partial charge in [-0.1, -0.05) is 11.6 Å². The van der Waals surface area contributed by atoms with Gasteiger partial charge in [0.25, 0.3) is 5.56 Å². The van der Waals surface area contributed by atoms with Gasteiger partial charge >= 0.3 is 6.18 Å².